The van der Waals surface area contributed by atoms with Gasteiger partial charge in [0.1, 0.15) is 23.2 Å². The zero-order valence-electron chi connectivity index (χ0n) is 23.5. The highest BCUT2D eigenvalue weighted by Crippen LogP contribution is 2.38. The van der Waals surface area contributed by atoms with Crippen LogP contribution in [0, 0.1) is 10.1 Å². The Morgan fingerprint density at radius 2 is 1.56 bits per heavy atom. The molecule has 2 aromatic rings. The van der Waals surface area contributed by atoms with Gasteiger partial charge in [0, 0.05) is 83.8 Å². The minimum absolute atomic E-state index is 0. The number of carbonyl (C=O) groups excluding carboxylic acids is 1. The average Bonchev–Trinajstić information content (AvgIpc) is 2.96. The van der Waals surface area contributed by atoms with Gasteiger partial charge >= 0.3 is 6.18 Å². The summed E-state index contributed by atoms with van der Waals surface area (Å²) < 4.78 is 50.6. The number of halogens is 3. The number of carboxylic acids is 1. The van der Waals surface area contributed by atoms with Crippen molar-refractivity contribution in [3.8, 4) is 11.5 Å². The van der Waals surface area contributed by atoms with Crippen molar-refractivity contribution >= 4 is 23.3 Å². The van der Waals surface area contributed by atoms with Crippen molar-refractivity contribution in [3.63, 3.8) is 0 Å². The number of ether oxygens (including phenoxy) is 2. The number of hydrogen-bond acceptors (Lipinski definition) is 8. The van der Waals surface area contributed by atoms with E-state index >= 15 is 0 Å². The van der Waals surface area contributed by atoms with E-state index in [1.54, 1.807) is 12.0 Å². The van der Waals surface area contributed by atoms with Crippen LogP contribution in [0.15, 0.2) is 42.5 Å². The summed E-state index contributed by atoms with van der Waals surface area (Å²) in [4.78, 5) is 38.0. The number of nitro groups is 1. The first kappa shape index (κ1) is 35.1. The van der Waals surface area contributed by atoms with E-state index < -0.39 is 28.3 Å². The molecule has 2 aliphatic heterocycles. The first-order valence-electron chi connectivity index (χ1n) is 13.5. The normalized spacial score (nSPS) is 15.9. The number of likely N-dealkylation sites (tertiary alicyclic amines) is 1. The van der Waals surface area contributed by atoms with Crippen LogP contribution in [0.2, 0.25) is 0 Å². The second kappa shape index (κ2) is 16.0. The minimum Gasteiger partial charge on any atom is -0.497 e. The van der Waals surface area contributed by atoms with E-state index in [0.29, 0.717) is 45.0 Å². The van der Waals surface area contributed by atoms with Crippen LogP contribution in [0.1, 0.15) is 39.2 Å². The molecule has 0 spiro atoms. The fraction of sp³-hybridized carbons (Fsp3) is 0.517. The van der Waals surface area contributed by atoms with Gasteiger partial charge in [0.15, 0.2) is 0 Å². The Morgan fingerprint density at radius 1 is 1.00 bits per heavy atom. The molecule has 2 fully saturated rings. The molecule has 0 atom stereocenters. The van der Waals surface area contributed by atoms with Gasteiger partial charge in [0.2, 0.25) is 5.91 Å². The molecule has 4 rings (SSSR count). The molecule has 2 saturated heterocycles. The average molecular weight is 613 g/mol. The first-order valence-corrected chi connectivity index (χ1v) is 13.5. The lowest BCUT2D eigenvalue weighted by atomic mass is 10.1. The third-order valence-electron chi connectivity index (χ3n) is 7.02. The van der Waals surface area contributed by atoms with Crippen LogP contribution >= 0.6 is 0 Å². The van der Waals surface area contributed by atoms with E-state index in [1.165, 1.54) is 6.07 Å². The molecule has 14 heteroatoms. The molecule has 1 N–H and O–H groups in total. The summed E-state index contributed by atoms with van der Waals surface area (Å²) >= 11 is 0. The quantitative estimate of drug-likeness (QED) is 0.326. The number of anilines is 1. The zero-order valence-corrected chi connectivity index (χ0v) is 23.5. The molecule has 0 aliphatic carbocycles. The summed E-state index contributed by atoms with van der Waals surface area (Å²) in [6.07, 6.45) is -3.87. The summed E-state index contributed by atoms with van der Waals surface area (Å²) in [5, 5.41) is 18.4. The molecular formula is C29H39F3N4O7. The molecule has 0 saturated carbocycles. The number of nitrogens with zero attached hydrogens (tertiary/aromatic N) is 4. The van der Waals surface area contributed by atoms with Crippen molar-refractivity contribution in [1.82, 2.24) is 9.80 Å². The SMILES string of the molecule is C.CC(=O)O.COc1ccc(N2CCN(CCC(=O)N3CCC(Oc4ccc([N+](=O)[O-])c(C(F)(F)F)c4)CC3)CC2)cc1. The lowest BCUT2D eigenvalue weighted by Crippen LogP contribution is -2.48. The van der Waals surface area contributed by atoms with Gasteiger partial charge in [0.05, 0.1) is 12.0 Å². The van der Waals surface area contributed by atoms with E-state index in [1.807, 2.05) is 24.3 Å². The van der Waals surface area contributed by atoms with Gasteiger partial charge in [-0.15, -0.1) is 0 Å². The van der Waals surface area contributed by atoms with Gasteiger partial charge in [-0.25, -0.2) is 0 Å². The summed E-state index contributed by atoms with van der Waals surface area (Å²) in [6, 6.07) is 10.6. The van der Waals surface area contributed by atoms with Crippen molar-refractivity contribution in [2.24, 2.45) is 0 Å². The number of methoxy groups -OCH3 is 1. The standard InChI is InChI=1S/C26H31F3N4O5.C2H4O2.CH4/c1-37-20-4-2-19(3-5-20)31-16-14-30(15-17-31)11-10-25(34)32-12-8-21(9-13-32)38-22-6-7-24(33(35)36)23(18-22)26(27,28)29;1-2(3)4;/h2-7,18,21H,8-17H2,1H3;1H3,(H,3,4);1H4. The summed E-state index contributed by atoms with van der Waals surface area (Å²) in [5.41, 5.74) is -1.19. The van der Waals surface area contributed by atoms with Crippen LogP contribution in [-0.2, 0) is 15.8 Å². The highest BCUT2D eigenvalue weighted by molar-refractivity contribution is 5.76. The lowest BCUT2D eigenvalue weighted by molar-refractivity contribution is -0.388. The molecule has 0 radical (unpaired) electrons. The van der Waals surface area contributed by atoms with E-state index in [4.69, 9.17) is 19.4 Å². The van der Waals surface area contributed by atoms with Crippen LogP contribution in [0.3, 0.4) is 0 Å². The van der Waals surface area contributed by atoms with Crippen molar-refractivity contribution in [3.05, 3.63) is 58.1 Å². The molecule has 238 valence electrons. The van der Waals surface area contributed by atoms with Crippen molar-refractivity contribution in [2.75, 3.05) is 57.8 Å². The van der Waals surface area contributed by atoms with Crippen LogP contribution in [0.25, 0.3) is 0 Å². The monoisotopic (exact) mass is 612 g/mol. The van der Waals surface area contributed by atoms with Crippen LogP contribution < -0.4 is 14.4 Å². The molecule has 43 heavy (non-hydrogen) atoms. The molecule has 0 bridgehead atoms. The van der Waals surface area contributed by atoms with Crippen molar-refractivity contribution < 1.29 is 42.3 Å². The molecule has 1 amide bonds. The first-order chi connectivity index (χ1) is 19.9. The van der Waals surface area contributed by atoms with Crippen LogP contribution in [0.4, 0.5) is 24.5 Å². The number of piperazine rings is 1. The number of carboxylic acid groups (broad SMARTS) is 1. The number of amides is 1. The van der Waals surface area contributed by atoms with E-state index in [0.717, 1.165) is 50.6 Å². The van der Waals surface area contributed by atoms with Gasteiger partial charge in [-0.1, -0.05) is 7.43 Å². The van der Waals surface area contributed by atoms with Gasteiger partial charge in [-0.05, 0) is 36.4 Å². The Kier molecular flexibility index (Phi) is 13.0. The second-order valence-corrected chi connectivity index (χ2v) is 9.93. The number of aliphatic carboxylic acids is 1. The number of alkyl halides is 3. The predicted octanol–water partition coefficient (Wildman–Crippen LogP) is 4.93. The summed E-state index contributed by atoms with van der Waals surface area (Å²) in [7, 11) is 1.64. The van der Waals surface area contributed by atoms with Crippen LogP contribution in [-0.4, -0.2) is 90.7 Å². The van der Waals surface area contributed by atoms with Crippen molar-refractivity contribution in [2.45, 2.75) is 45.9 Å². The Labute approximate surface area is 248 Å². The Hall–Kier alpha value is -4.07. The molecule has 0 aromatic heterocycles. The minimum atomic E-state index is -4.86. The number of benzene rings is 2. The van der Waals surface area contributed by atoms with E-state index in [2.05, 4.69) is 9.80 Å². The lowest BCUT2D eigenvalue weighted by Gasteiger charge is -2.37. The third kappa shape index (κ3) is 10.6. The van der Waals surface area contributed by atoms with Crippen LogP contribution in [0.5, 0.6) is 11.5 Å². The van der Waals surface area contributed by atoms with Gasteiger partial charge in [0.25, 0.3) is 11.7 Å². The Morgan fingerprint density at radius 3 is 2.07 bits per heavy atom. The molecule has 11 nitrogen and oxygen atoms in total. The smallest absolute Gasteiger partial charge is 0.423 e. The fourth-order valence-corrected chi connectivity index (χ4v) is 4.82. The maximum Gasteiger partial charge on any atom is 0.423 e. The highest BCUT2D eigenvalue weighted by atomic mass is 19.4. The van der Waals surface area contributed by atoms with E-state index in [9.17, 15) is 28.1 Å². The fourth-order valence-electron chi connectivity index (χ4n) is 4.82. The topological polar surface area (TPSA) is 126 Å². The highest BCUT2D eigenvalue weighted by Gasteiger charge is 2.39. The Balaban J connectivity index is 0.00000121. The zero-order chi connectivity index (χ0) is 30.9. The largest absolute Gasteiger partial charge is 0.497 e. The maximum atomic E-state index is 13.2. The summed E-state index contributed by atoms with van der Waals surface area (Å²) in [6.45, 7) is 6.15. The van der Waals surface area contributed by atoms with Gasteiger partial charge in [-0.2, -0.15) is 13.2 Å². The molecular weight excluding hydrogens is 573 g/mol. The molecule has 0 unspecified atom stereocenters. The maximum absolute atomic E-state index is 13.2. The Bertz CT molecular complexity index is 1210. The number of nitro benzene ring substituents is 1. The third-order valence-corrected chi connectivity index (χ3v) is 7.02. The number of carbonyl (C=O) groups is 2. The molecule has 2 heterocycles. The second-order valence-electron chi connectivity index (χ2n) is 9.93. The number of piperidine rings is 1. The van der Waals surface area contributed by atoms with Crippen molar-refractivity contribution in [1.29, 1.82) is 0 Å². The van der Waals surface area contributed by atoms with Gasteiger partial charge in [-0.3, -0.25) is 24.6 Å². The molecule has 2 aromatic carbocycles. The van der Waals surface area contributed by atoms with E-state index in [-0.39, 0.29) is 25.2 Å². The van der Waals surface area contributed by atoms with Gasteiger partial charge < -0.3 is 24.4 Å². The summed E-state index contributed by atoms with van der Waals surface area (Å²) in [5.74, 6) is -0.0272. The molecule has 2 aliphatic rings. The number of rotatable bonds is 8. The number of hydrogen-bond donors (Lipinski definition) is 1. The predicted molar refractivity (Wildman–Crippen MR) is 155 cm³/mol.